The summed E-state index contributed by atoms with van der Waals surface area (Å²) >= 11 is 7.85. The molecule has 4 aromatic heterocycles. The number of hydrogen-bond donors (Lipinski definition) is 3. The van der Waals surface area contributed by atoms with Gasteiger partial charge in [-0.3, -0.25) is 15.1 Å². The highest BCUT2D eigenvalue weighted by Gasteiger charge is 2.16. The first kappa shape index (κ1) is 20.9. The Morgan fingerprint density at radius 2 is 2.09 bits per heavy atom. The number of nitrogens with one attached hydrogen (secondary N) is 2. The van der Waals surface area contributed by atoms with Gasteiger partial charge in [-0.2, -0.15) is 5.10 Å². The minimum Gasteiger partial charge on any atom is -0.485 e. The molecule has 0 aliphatic rings. The highest BCUT2D eigenvalue weighted by molar-refractivity contribution is 7.13. The monoisotopic (exact) mass is 478 g/mol. The molecule has 0 bridgehead atoms. The molecule has 0 aliphatic heterocycles. The summed E-state index contributed by atoms with van der Waals surface area (Å²) in [5.41, 5.74) is 2.72. The number of fused-ring (bicyclic) bond motifs is 1. The van der Waals surface area contributed by atoms with Gasteiger partial charge in [0.2, 0.25) is 0 Å². The summed E-state index contributed by atoms with van der Waals surface area (Å²) in [5.74, 6) is 0.0741. The standard InChI is InChI=1S/C22H15ClN6O3S/c23-16-2-1-5-24-18(16)13-8-15-19(28-29-20(15)27-22-25-6-7-33-22)17(9-13)32-11-14-4-3-12(10-26-14)21(30)31/h1-10H,11H2,(H,30,31)(H2,25,27,28,29). The van der Waals surface area contributed by atoms with Gasteiger partial charge >= 0.3 is 5.97 Å². The van der Waals surface area contributed by atoms with Crippen molar-refractivity contribution in [2.24, 2.45) is 0 Å². The number of carboxylic acids is 1. The summed E-state index contributed by atoms with van der Waals surface area (Å²) in [7, 11) is 0. The van der Waals surface area contributed by atoms with Gasteiger partial charge in [0.25, 0.3) is 0 Å². The Kier molecular flexibility index (Phi) is 5.59. The normalized spacial score (nSPS) is 10.9. The summed E-state index contributed by atoms with van der Waals surface area (Å²) in [6, 6.07) is 10.4. The van der Waals surface area contributed by atoms with E-state index in [4.69, 9.17) is 21.4 Å². The maximum atomic E-state index is 11.0. The highest BCUT2D eigenvalue weighted by atomic mass is 35.5. The van der Waals surface area contributed by atoms with E-state index >= 15 is 0 Å². The molecule has 11 heteroatoms. The Hall–Kier alpha value is -4.02. The van der Waals surface area contributed by atoms with Crippen LogP contribution < -0.4 is 10.1 Å². The number of nitrogens with zero attached hydrogens (tertiary/aromatic N) is 4. The van der Waals surface area contributed by atoms with Gasteiger partial charge in [-0.1, -0.05) is 11.6 Å². The van der Waals surface area contributed by atoms with Crippen molar-refractivity contribution in [1.29, 1.82) is 0 Å². The fourth-order valence-electron chi connectivity index (χ4n) is 3.21. The Morgan fingerprint density at radius 1 is 1.18 bits per heavy atom. The number of hydrogen-bond acceptors (Lipinski definition) is 8. The molecular weight excluding hydrogens is 464 g/mol. The number of aromatic amines is 1. The zero-order valence-corrected chi connectivity index (χ0v) is 18.4. The predicted octanol–water partition coefficient (Wildman–Crippen LogP) is 5.15. The van der Waals surface area contributed by atoms with E-state index in [1.165, 1.54) is 23.6 Å². The number of carboxylic acid groups (broad SMARTS) is 1. The predicted molar refractivity (Wildman–Crippen MR) is 125 cm³/mol. The molecule has 0 atom stereocenters. The van der Waals surface area contributed by atoms with Gasteiger partial charge in [0.1, 0.15) is 17.9 Å². The molecular formula is C22H15ClN6O3S. The van der Waals surface area contributed by atoms with Crippen LogP contribution in [0.15, 0.2) is 60.4 Å². The minimum atomic E-state index is -1.03. The van der Waals surface area contributed by atoms with E-state index in [1.807, 2.05) is 17.5 Å². The van der Waals surface area contributed by atoms with E-state index < -0.39 is 5.97 Å². The number of pyridine rings is 2. The first-order valence-electron chi connectivity index (χ1n) is 9.69. The maximum Gasteiger partial charge on any atom is 0.337 e. The van der Waals surface area contributed by atoms with E-state index in [0.29, 0.717) is 38.6 Å². The first-order chi connectivity index (χ1) is 16.1. The number of rotatable bonds is 7. The average molecular weight is 479 g/mol. The molecule has 5 aromatic rings. The van der Waals surface area contributed by atoms with E-state index in [1.54, 1.807) is 30.6 Å². The molecule has 3 N–H and O–H groups in total. The van der Waals surface area contributed by atoms with Crippen LogP contribution in [-0.2, 0) is 6.61 Å². The van der Waals surface area contributed by atoms with Crippen LogP contribution in [0.1, 0.15) is 16.1 Å². The van der Waals surface area contributed by atoms with E-state index in [9.17, 15) is 4.79 Å². The molecule has 0 amide bonds. The van der Waals surface area contributed by atoms with Gasteiger partial charge in [-0.25, -0.2) is 9.78 Å². The van der Waals surface area contributed by atoms with Crippen LogP contribution in [0, 0.1) is 0 Å². The van der Waals surface area contributed by atoms with Crippen LogP contribution in [0.3, 0.4) is 0 Å². The molecule has 0 saturated heterocycles. The molecule has 0 saturated carbocycles. The lowest BCUT2D eigenvalue weighted by atomic mass is 10.1. The smallest absolute Gasteiger partial charge is 0.337 e. The van der Waals surface area contributed by atoms with Crippen molar-refractivity contribution in [2.45, 2.75) is 6.61 Å². The Balaban J connectivity index is 1.53. The van der Waals surface area contributed by atoms with Gasteiger partial charge in [0.15, 0.2) is 10.9 Å². The van der Waals surface area contributed by atoms with E-state index in [-0.39, 0.29) is 12.2 Å². The van der Waals surface area contributed by atoms with Crippen molar-refractivity contribution in [3.63, 3.8) is 0 Å². The van der Waals surface area contributed by atoms with Crippen molar-refractivity contribution >= 4 is 50.8 Å². The van der Waals surface area contributed by atoms with Crippen molar-refractivity contribution < 1.29 is 14.6 Å². The lowest BCUT2D eigenvalue weighted by molar-refractivity contribution is 0.0696. The van der Waals surface area contributed by atoms with Crippen molar-refractivity contribution in [3.8, 4) is 17.0 Å². The topological polar surface area (TPSA) is 126 Å². The summed E-state index contributed by atoms with van der Waals surface area (Å²) in [6.07, 6.45) is 4.68. The lowest BCUT2D eigenvalue weighted by Crippen LogP contribution is -2.02. The van der Waals surface area contributed by atoms with E-state index in [0.717, 1.165) is 10.9 Å². The molecule has 1 aromatic carbocycles. The fraction of sp³-hybridized carbons (Fsp3) is 0.0455. The third kappa shape index (κ3) is 4.34. The average Bonchev–Trinajstić information content (AvgIpc) is 3.48. The molecule has 9 nitrogen and oxygen atoms in total. The van der Waals surface area contributed by atoms with Crippen molar-refractivity contribution in [2.75, 3.05) is 5.32 Å². The largest absolute Gasteiger partial charge is 0.485 e. The number of benzene rings is 1. The van der Waals surface area contributed by atoms with Crippen LogP contribution >= 0.6 is 22.9 Å². The first-order valence-corrected chi connectivity index (χ1v) is 10.9. The maximum absolute atomic E-state index is 11.0. The Bertz CT molecular complexity index is 1440. The van der Waals surface area contributed by atoms with Gasteiger partial charge in [-0.15, -0.1) is 11.3 Å². The van der Waals surface area contributed by atoms with Gasteiger partial charge in [-0.05, 0) is 36.4 Å². The SMILES string of the molecule is O=C(O)c1ccc(COc2cc(-c3ncccc3Cl)cc3c(Nc4nccs4)n[nH]c23)nc1. The Morgan fingerprint density at radius 3 is 2.82 bits per heavy atom. The van der Waals surface area contributed by atoms with Crippen LogP contribution in [0.25, 0.3) is 22.2 Å². The fourth-order valence-corrected chi connectivity index (χ4v) is 3.97. The zero-order chi connectivity index (χ0) is 22.8. The quantitative estimate of drug-likeness (QED) is 0.293. The Labute approximate surface area is 196 Å². The molecule has 0 aliphatic carbocycles. The molecule has 33 heavy (non-hydrogen) atoms. The molecule has 0 radical (unpaired) electrons. The summed E-state index contributed by atoms with van der Waals surface area (Å²) in [6.45, 7) is 0.128. The van der Waals surface area contributed by atoms with Crippen LogP contribution in [0.2, 0.25) is 5.02 Å². The number of aromatic carboxylic acids is 1. The van der Waals surface area contributed by atoms with E-state index in [2.05, 4.69) is 30.5 Å². The molecule has 0 spiro atoms. The van der Waals surface area contributed by atoms with Crippen LogP contribution in [0.5, 0.6) is 5.75 Å². The number of aromatic nitrogens is 5. The van der Waals surface area contributed by atoms with Crippen LogP contribution in [0.4, 0.5) is 10.9 Å². The number of carbonyl (C=O) groups is 1. The zero-order valence-electron chi connectivity index (χ0n) is 16.8. The van der Waals surface area contributed by atoms with Crippen LogP contribution in [-0.4, -0.2) is 36.2 Å². The highest BCUT2D eigenvalue weighted by Crippen LogP contribution is 2.37. The van der Waals surface area contributed by atoms with Crippen molar-refractivity contribution in [1.82, 2.24) is 25.1 Å². The minimum absolute atomic E-state index is 0.111. The second kappa shape index (κ2) is 8.85. The number of halogens is 1. The molecule has 0 fully saturated rings. The third-order valence-electron chi connectivity index (χ3n) is 4.77. The number of anilines is 2. The summed E-state index contributed by atoms with van der Waals surface area (Å²) in [4.78, 5) is 23.9. The molecule has 0 unspecified atom stereocenters. The van der Waals surface area contributed by atoms with Gasteiger partial charge in [0, 0.05) is 34.9 Å². The number of thiazole rings is 1. The second-order valence-electron chi connectivity index (χ2n) is 6.90. The summed E-state index contributed by atoms with van der Waals surface area (Å²) in [5, 5.41) is 23.5. The lowest BCUT2D eigenvalue weighted by Gasteiger charge is -2.11. The molecule has 164 valence electrons. The molecule has 4 heterocycles. The second-order valence-corrected chi connectivity index (χ2v) is 8.20. The summed E-state index contributed by atoms with van der Waals surface area (Å²) < 4.78 is 6.06. The molecule has 5 rings (SSSR count). The third-order valence-corrected chi connectivity index (χ3v) is 5.77. The number of ether oxygens (including phenoxy) is 1. The van der Waals surface area contributed by atoms with Gasteiger partial charge in [0.05, 0.1) is 22.0 Å². The number of H-pyrrole nitrogens is 1. The van der Waals surface area contributed by atoms with Crippen molar-refractivity contribution in [3.05, 3.63) is 76.6 Å². The van der Waals surface area contributed by atoms with Gasteiger partial charge < -0.3 is 15.2 Å².